The molecule has 0 N–H and O–H groups in total. The van der Waals surface area contributed by atoms with Gasteiger partial charge in [-0.05, 0) is 32.4 Å². The number of hydrogen-bond acceptors (Lipinski definition) is 3. The van der Waals surface area contributed by atoms with Crippen molar-refractivity contribution < 1.29 is 14.3 Å². The first-order valence-corrected chi connectivity index (χ1v) is 5.98. The summed E-state index contributed by atoms with van der Waals surface area (Å²) in [4.78, 5) is 11.3. The molecule has 0 atom stereocenters. The number of aryl methyl sites for hydroxylation is 1. The Morgan fingerprint density at radius 2 is 1.88 bits per heavy atom. The molecule has 3 nitrogen and oxygen atoms in total. The van der Waals surface area contributed by atoms with E-state index in [0.29, 0.717) is 30.1 Å². The summed E-state index contributed by atoms with van der Waals surface area (Å²) in [6.07, 6.45) is 0.649. The monoisotopic (exact) mass is 256 g/mol. The molecule has 0 spiro atoms. The summed E-state index contributed by atoms with van der Waals surface area (Å²) in [6, 6.07) is 5.42. The number of hydrogen-bond donors (Lipinski definition) is 0. The minimum Gasteiger partial charge on any atom is -0.340 e. The van der Waals surface area contributed by atoms with Crippen LogP contribution in [0, 0.1) is 6.92 Å². The average molecular weight is 257 g/mol. The molecule has 0 aliphatic heterocycles. The molecule has 0 unspecified atom stereocenters. The molecule has 17 heavy (non-hydrogen) atoms. The highest BCUT2D eigenvalue weighted by Crippen LogP contribution is 2.32. The molecule has 0 heterocycles. The summed E-state index contributed by atoms with van der Waals surface area (Å²) in [6.45, 7) is 6.27. The van der Waals surface area contributed by atoms with Crippen LogP contribution in [-0.2, 0) is 20.1 Å². The summed E-state index contributed by atoms with van der Waals surface area (Å²) in [5.74, 6) is -1.39. The largest absolute Gasteiger partial charge is 0.340 e. The molecular weight excluding hydrogens is 240 g/mol. The lowest BCUT2D eigenvalue weighted by Gasteiger charge is -2.28. The molecular formula is C13H17ClO3. The molecule has 0 aromatic heterocycles. The molecule has 0 saturated heterocycles. The Balaban J connectivity index is 3.24. The van der Waals surface area contributed by atoms with Crippen molar-refractivity contribution in [2.45, 2.75) is 26.6 Å². The maximum absolute atomic E-state index is 11.3. The first kappa shape index (κ1) is 14.2. The summed E-state index contributed by atoms with van der Waals surface area (Å²) in [5.41, 5.74) is 1.56. The van der Waals surface area contributed by atoms with Gasteiger partial charge in [0, 0.05) is 23.8 Å². The van der Waals surface area contributed by atoms with E-state index < -0.39 is 5.79 Å². The predicted octanol–water partition coefficient (Wildman–Crippen LogP) is 3.07. The van der Waals surface area contributed by atoms with Crippen molar-refractivity contribution >= 4 is 17.9 Å². The topological polar surface area (TPSA) is 35.5 Å². The van der Waals surface area contributed by atoms with Crippen molar-refractivity contribution in [3.05, 3.63) is 34.3 Å². The van der Waals surface area contributed by atoms with Gasteiger partial charge in [0.2, 0.25) is 0 Å². The predicted molar refractivity (Wildman–Crippen MR) is 67.2 cm³/mol. The van der Waals surface area contributed by atoms with Gasteiger partial charge in [-0.2, -0.15) is 0 Å². The van der Waals surface area contributed by atoms with E-state index in [9.17, 15) is 4.79 Å². The Labute approximate surface area is 107 Å². The van der Waals surface area contributed by atoms with Crippen LogP contribution in [0.1, 0.15) is 25.0 Å². The van der Waals surface area contributed by atoms with Crippen LogP contribution in [0.4, 0.5) is 0 Å². The van der Waals surface area contributed by atoms with E-state index in [0.717, 1.165) is 5.56 Å². The minimum atomic E-state index is -1.39. The fraction of sp³-hybridized carbons (Fsp3) is 0.462. The molecule has 1 rings (SSSR count). The number of carbonyl (C=O) groups is 1. The maximum Gasteiger partial charge on any atom is 0.254 e. The highest BCUT2D eigenvalue weighted by molar-refractivity contribution is 6.31. The zero-order valence-corrected chi connectivity index (χ0v) is 11.1. The third-order valence-corrected chi connectivity index (χ3v) is 2.69. The first-order valence-electron chi connectivity index (χ1n) is 5.60. The maximum atomic E-state index is 11.3. The fourth-order valence-corrected chi connectivity index (χ4v) is 2.03. The van der Waals surface area contributed by atoms with Crippen molar-refractivity contribution in [2.75, 3.05) is 13.2 Å². The van der Waals surface area contributed by atoms with Gasteiger partial charge in [-0.25, -0.2) is 0 Å². The summed E-state index contributed by atoms with van der Waals surface area (Å²) >= 11 is 6.15. The van der Waals surface area contributed by atoms with Crippen LogP contribution in [0.5, 0.6) is 0 Å². The molecule has 0 saturated carbocycles. The van der Waals surface area contributed by atoms with E-state index in [2.05, 4.69) is 0 Å². The van der Waals surface area contributed by atoms with Gasteiger partial charge in [0.1, 0.15) is 0 Å². The molecule has 0 bridgehead atoms. The summed E-state index contributed by atoms with van der Waals surface area (Å²) in [7, 11) is 0. The van der Waals surface area contributed by atoms with E-state index in [1.165, 1.54) is 0 Å². The second-order valence-electron chi connectivity index (χ2n) is 3.63. The van der Waals surface area contributed by atoms with Crippen molar-refractivity contribution in [3.8, 4) is 0 Å². The lowest BCUT2D eigenvalue weighted by molar-refractivity contribution is -0.222. The number of carbonyl (C=O) groups excluding carboxylic acids is 1. The standard InChI is InChI=1S/C13H17ClO3/c1-4-16-13(9-15,17-5-2)11-7-6-10(3)8-12(11)14/h6-9H,4-5H2,1-3H3. The van der Waals surface area contributed by atoms with Gasteiger partial charge in [0.25, 0.3) is 5.79 Å². The second-order valence-corrected chi connectivity index (χ2v) is 4.04. The average Bonchev–Trinajstić information content (AvgIpc) is 2.28. The second kappa shape index (κ2) is 6.15. The SMILES string of the molecule is CCOC(C=O)(OCC)c1ccc(C)cc1Cl. The van der Waals surface area contributed by atoms with Crippen molar-refractivity contribution in [1.82, 2.24) is 0 Å². The Kier molecular flexibility index (Phi) is 5.12. The lowest BCUT2D eigenvalue weighted by atomic mass is 10.0. The molecule has 0 aliphatic carbocycles. The number of rotatable bonds is 6. The highest BCUT2D eigenvalue weighted by Gasteiger charge is 2.35. The third kappa shape index (κ3) is 3.06. The molecule has 1 aromatic rings. The lowest BCUT2D eigenvalue weighted by Crippen LogP contribution is -2.35. The van der Waals surface area contributed by atoms with Crippen LogP contribution < -0.4 is 0 Å². The van der Waals surface area contributed by atoms with E-state index in [1.807, 2.05) is 13.0 Å². The first-order chi connectivity index (χ1) is 8.09. The van der Waals surface area contributed by atoms with Crippen molar-refractivity contribution in [3.63, 3.8) is 0 Å². The molecule has 0 radical (unpaired) electrons. The van der Waals surface area contributed by atoms with Crippen LogP contribution in [-0.4, -0.2) is 19.5 Å². The smallest absolute Gasteiger partial charge is 0.254 e. The molecule has 1 aromatic carbocycles. The highest BCUT2D eigenvalue weighted by atomic mass is 35.5. The molecule has 0 fully saturated rings. The van der Waals surface area contributed by atoms with Gasteiger partial charge < -0.3 is 9.47 Å². The number of halogens is 1. The molecule has 94 valence electrons. The van der Waals surface area contributed by atoms with E-state index in [-0.39, 0.29) is 0 Å². The Bertz CT molecular complexity index is 384. The number of aldehydes is 1. The Hall–Kier alpha value is -0.900. The quantitative estimate of drug-likeness (QED) is 0.580. The van der Waals surface area contributed by atoms with Gasteiger partial charge in [-0.3, -0.25) is 4.79 Å². The van der Waals surface area contributed by atoms with Crippen LogP contribution in [0.2, 0.25) is 5.02 Å². The zero-order chi connectivity index (χ0) is 12.9. The van der Waals surface area contributed by atoms with Gasteiger partial charge in [-0.15, -0.1) is 0 Å². The third-order valence-electron chi connectivity index (χ3n) is 2.37. The number of benzene rings is 1. The minimum absolute atomic E-state index is 0.364. The van der Waals surface area contributed by atoms with Gasteiger partial charge in [-0.1, -0.05) is 23.7 Å². The van der Waals surface area contributed by atoms with Gasteiger partial charge >= 0.3 is 0 Å². The van der Waals surface area contributed by atoms with E-state index in [4.69, 9.17) is 21.1 Å². The van der Waals surface area contributed by atoms with E-state index in [1.54, 1.807) is 26.0 Å². The zero-order valence-electron chi connectivity index (χ0n) is 10.3. The van der Waals surface area contributed by atoms with Crippen molar-refractivity contribution in [2.24, 2.45) is 0 Å². The fourth-order valence-electron chi connectivity index (χ4n) is 1.66. The molecule has 4 heteroatoms. The molecule has 0 aliphatic rings. The van der Waals surface area contributed by atoms with Gasteiger partial charge in [0.15, 0.2) is 6.29 Å². The normalized spacial score (nSPS) is 11.5. The van der Waals surface area contributed by atoms with Crippen LogP contribution in [0.15, 0.2) is 18.2 Å². The van der Waals surface area contributed by atoms with E-state index >= 15 is 0 Å². The number of ether oxygens (including phenoxy) is 2. The van der Waals surface area contributed by atoms with Crippen LogP contribution in [0.25, 0.3) is 0 Å². The van der Waals surface area contributed by atoms with Gasteiger partial charge in [0.05, 0.1) is 0 Å². The Morgan fingerprint density at radius 3 is 2.29 bits per heavy atom. The van der Waals surface area contributed by atoms with Crippen LogP contribution in [0.3, 0.4) is 0 Å². The van der Waals surface area contributed by atoms with Crippen LogP contribution >= 0.6 is 11.6 Å². The Morgan fingerprint density at radius 1 is 1.29 bits per heavy atom. The summed E-state index contributed by atoms with van der Waals surface area (Å²) < 4.78 is 10.9. The molecule has 0 amide bonds. The van der Waals surface area contributed by atoms with Crippen molar-refractivity contribution in [1.29, 1.82) is 0 Å². The summed E-state index contributed by atoms with van der Waals surface area (Å²) in [5, 5.41) is 0.471.